The van der Waals surface area contributed by atoms with E-state index in [0.717, 1.165) is 24.1 Å². The van der Waals surface area contributed by atoms with Crippen molar-refractivity contribution in [3.63, 3.8) is 0 Å². The van der Waals surface area contributed by atoms with Gasteiger partial charge in [0.25, 0.3) is 0 Å². The largest absolute Gasteiger partial charge is 0.480 e. The SMILES string of the molecule is CCC(CC)Nc1ccc(CC(N)C(=O)O)cc1. The lowest BCUT2D eigenvalue weighted by atomic mass is 10.1. The van der Waals surface area contributed by atoms with E-state index in [4.69, 9.17) is 10.8 Å². The molecule has 0 aliphatic rings. The van der Waals surface area contributed by atoms with E-state index in [1.807, 2.05) is 24.3 Å². The first-order valence-corrected chi connectivity index (χ1v) is 6.40. The van der Waals surface area contributed by atoms with Gasteiger partial charge in [-0.2, -0.15) is 0 Å². The van der Waals surface area contributed by atoms with E-state index in [0.29, 0.717) is 12.5 Å². The Hall–Kier alpha value is -1.55. The molecule has 0 bridgehead atoms. The molecule has 4 heteroatoms. The lowest BCUT2D eigenvalue weighted by Gasteiger charge is -2.16. The summed E-state index contributed by atoms with van der Waals surface area (Å²) in [6, 6.07) is 7.45. The maximum absolute atomic E-state index is 10.7. The quantitative estimate of drug-likeness (QED) is 0.693. The number of nitrogens with two attached hydrogens (primary N) is 1. The Morgan fingerprint density at radius 2 is 1.83 bits per heavy atom. The highest BCUT2D eigenvalue weighted by Crippen LogP contribution is 2.14. The maximum Gasteiger partial charge on any atom is 0.320 e. The smallest absolute Gasteiger partial charge is 0.320 e. The Labute approximate surface area is 108 Å². The molecule has 1 aromatic carbocycles. The second kappa shape index (κ2) is 7.01. The van der Waals surface area contributed by atoms with E-state index in [1.54, 1.807) is 0 Å². The molecule has 1 atom stereocenters. The fraction of sp³-hybridized carbons (Fsp3) is 0.500. The van der Waals surface area contributed by atoms with Crippen LogP contribution in [0.3, 0.4) is 0 Å². The molecule has 0 radical (unpaired) electrons. The van der Waals surface area contributed by atoms with Crippen molar-refractivity contribution in [1.29, 1.82) is 0 Å². The molecule has 4 nitrogen and oxygen atoms in total. The van der Waals surface area contributed by atoms with E-state index >= 15 is 0 Å². The molecule has 1 unspecified atom stereocenters. The van der Waals surface area contributed by atoms with Crippen molar-refractivity contribution in [2.24, 2.45) is 5.73 Å². The normalized spacial score (nSPS) is 12.4. The number of aliphatic carboxylic acids is 1. The zero-order valence-corrected chi connectivity index (χ0v) is 11.0. The first-order valence-electron chi connectivity index (χ1n) is 6.40. The highest BCUT2D eigenvalue weighted by molar-refractivity contribution is 5.73. The van der Waals surface area contributed by atoms with Crippen molar-refractivity contribution in [1.82, 2.24) is 0 Å². The van der Waals surface area contributed by atoms with E-state index in [-0.39, 0.29) is 0 Å². The molecule has 0 fully saturated rings. The molecule has 0 heterocycles. The predicted octanol–water partition coefficient (Wildman–Crippen LogP) is 2.24. The summed E-state index contributed by atoms with van der Waals surface area (Å²) in [6.45, 7) is 4.31. The van der Waals surface area contributed by atoms with Crippen LogP contribution in [0.1, 0.15) is 32.3 Å². The third kappa shape index (κ3) is 4.37. The van der Waals surface area contributed by atoms with Crippen molar-refractivity contribution in [2.75, 3.05) is 5.32 Å². The van der Waals surface area contributed by atoms with Gasteiger partial charge in [-0.25, -0.2) is 0 Å². The van der Waals surface area contributed by atoms with E-state index in [9.17, 15) is 4.79 Å². The summed E-state index contributed by atoms with van der Waals surface area (Å²) < 4.78 is 0. The Morgan fingerprint density at radius 1 is 1.28 bits per heavy atom. The number of anilines is 1. The van der Waals surface area contributed by atoms with Crippen LogP contribution in [0.4, 0.5) is 5.69 Å². The number of rotatable bonds is 7. The molecule has 1 aromatic rings. The van der Waals surface area contributed by atoms with Gasteiger partial charge >= 0.3 is 5.97 Å². The van der Waals surface area contributed by atoms with E-state index < -0.39 is 12.0 Å². The summed E-state index contributed by atoms with van der Waals surface area (Å²) in [5.74, 6) is -0.964. The van der Waals surface area contributed by atoms with Gasteiger partial charge in [0.05, 0.1) is 0 Å². The zero-order valence-electron chi connectivity index (χ0n) is 11.0. The van der Waals surface area contributed by atoms with Gasteiger partial charge in [-0.15, -0.1) is 0 Å². The summed E-state index contributed by atoms with van der Waals surface area (Å²) in [5, 5.41) is 12.2. The summed E-state index contributed by atoms with van der Waals surface area (Å²) in [4.78, 5) is 10.7. The molecule has 0 amide bonds. The van der Waals surface area contributed by atoms with Crippen LogP contribution in [0, 0.1) is 0 Å². The van der Waals surface area contributed by atoms with Crippen molar-refractivity contribution >= 4 is 11.7 Å². The number of nitrogens with one attached hydrogen (secondary N) is 1. The first kappa shape index (κ1) is 14.5. The van der Waals surface area contributed by atoms with Crippen LogP contribution in [0.2, 0.25) is 0 Å². The van der Waals surface area contributed by atoms with E-state index in [2.05, 4.69) is 19.2 Å². The van der Waals surface area contributed by atoms with Gasteiger partial charge < -0.3 is 16.2 Å². The van der Waals surface area contributed by atoms with Gasteiger partial charge in [0.2, 0.25) is 0 Å². The maximum atomic E-state index is 10.7. The van der Waals surface area contributed by atoms with Crippen LogP contribution in [0.15, 0.2) is 24.3 Å². The molecular weight excluding hydrogens is 228 g/mol. The summed E-state index contributed by atoms with van der Waals surface area (Å²) in [7, 11) is 0. The fourth-order valence-corrected chi connectivity index (χ4v) is 1.81. The summed E-state index contributed by atoms with van der Waals surface area (Å²) >= 11 is 0. The van der Waals surface area contributed by atoms with Gasteiger partial charge in [0.15, 0.2) is 0 Å². The summed E-state index contributed by atoms with van der Waals surface area (Å²) in [6.07, 6.45) is 2.53. The molecule has 0 saturated heterocycles. The highest BCUT2D eigenvalue weighted by atomic mass is 16.4. The average Bonchev–Trinajstić information content (AvgIpc) is 2.37. The molecule has 0 spiro atoms. The molecule has 1 rings (SSSR count). The number of hydrogen-bond donors (Lipinski definition) is 3. The Bertz CT molecular complexity index is 372. The Kier molecular flexibility index (Phi) is 5.65. The second-order valence-corrected chi connectivity index (χ2v) is 4.50. The monoisotopic (exact) mass is 250 g/mol. The number of carboxylic acid groups (broad SMARTS) is 1. The number of hydrogen-bond acceptors (Lipinski definition) is 3. The number of carboxylic acids is 1. The van der Waals surface area contributed by atoms with Crippen LogP contribution in [-0.4, -0.2) is 23.2 Å². The molecule has 0 saturated carbocycles. The lowest BCUT2D eigenvalue weighted by Crippen LogP contribution is -2.32. The van der Waals surface area contributed by atoms with E-state index in [1.165, 1.54) is 0 Å². The van der Waals surface area contributed by atoms with Crippen LogP contribution < -0.4 is 11.1 Å². The predicted molar refractivity (Wildman–Crippen MR) is 73.7 cm³/mol. The minimum Gasteiger partial charge on any atom is -0.480 e. The fourth-order valence-electron chi connectivity index (χ4n) is 1.81. The third-order valence-electron chi connectivity index (χ3n) is 3.08. The average molecular weight is 250 g/mol. The van der Waals surface area contributed by atoms with Crippen molar-refractivity contribution in [2.45, 2.75) is 45.2 Å². The van der Waals surface area contributed by atoms with Gasteiger partial charge in [-0.3, -0.25) is 4.79 Å². The van der Waals surface area contributed by atoms with Gasteiger partial charge in [-0.1, -0.05) is 26.0 Å². The molecule has 0 aliphatic carbocycles. The molecule has 100 valence electrons. The van der Waals surface area contributed by atoms with Crippen LogP contribution in [-0.2, 0) is 11.2 Å². The standard InChI is InChI=1S/C14H22N2O2/c1-3-11(4-2)16-12-7-5-10(6-8-12)9-13(15)14(17)18/h5-8,11,13,16H,3-4,9,15H2,1-2H3,(H,17,18). The Balaban J connectivity index is 2.59. The molecule has 18 heavy (non-hydrogen) atoms. The molecule has 4 N–H and O–H groups in total. The number of benzene rings is 1. The van der Waals surface area contributed by atoms with Gasteiger partial charge in [0.1, 0.15) is 6.04 Å². The topological polar surface area (TPSA) is 75.3 Å². The van der Waals surface area contributed by atoms with Crippen LogP contribution in [0.25, 0.3) is 0 Å². The van der Waals surface area contributed by atoms with Crippen LogP contribution >= 0.6 is 0 Å². The molecular formula is C14H22N2O2. The van der Waals surface area contributed by atoms with Crippen molar-refractivity contribution < 1.29 is 9.90 Å². The molecule has 0 aromatic heterocycles. The van der Waals surface area contributed by atoms with Crippen molar-refractivity contribution in [3.8, 4) is 0 Å². The number of carbonyl (C=O) groups is 1. The van der Waals surface area contributed by atoms with Crippen LogP contribution in [0.5, 0.6) is 0 Å². The highest BCUT2D eigenvalue weighted by Gasteiger charge is 2.11. The Morgan fingerprint density at radius 3 is 2.28 bits per heavy atom. The lowest BCUT2D eigenvalue weighted by molar-refractivity contribution is -0.138. The summed E-state index contributed by atoms with van der Waals surface area (Å²) in [5.41, 5.74) is 7.51. The second-order valence-electron chi connectivity index (χ2n) is 4.50. The zero-order chi connectivity index (χ0) is 13.5. The minimum absolute atomic E-state index is 0.362. The minimum atomic E-state index is -0.964. The van der Waals surface area contributed by atoms with Crippen molar-refractivity contribution in [3.05, 3.63) is 29.8 Å². The molecule has 0 aliphatic heterocycles. The van der Waals surface area contributed by atoms with Gasteiger partial charge in [0, 0.05) is 11.7 Å². The van der Waals surface area contributed by atoms with Gasteiger partial charge in [-0.05, 0) is 37.0 Å². The first-order chi connectivity index (χ1) is 8.56. The third-order valence-corrected chi connectivity index (χ3v) is 3.08.